The number of hydrogen-bond acceptors (Lipinski definition) is 3. The summed E-state index contributed by atoms with van der Waals surface area (Å²) in [5, 5.41) is 12.7. The second-order valence-electron chi connectivity index (χ2n) is 4.00. The van der Waals surface area contributed by atoms with Gasteiger partial charge in [0.05, 0.1) is 16.3 Å². The van der Waals surface area contributed by atoms with Crippen molar-refractivity contribution in [2.75, 3.05) is 5.32 Å². The molecular weight excluding hydrogens is 264 g/mol. The quantitative estimate of drug-likeness (QED) is 0.893. The number of carboxylic acids is 1. The molecule has 0 fully saturated rings. The van der Waals surface area contributed by atoms with Crippen molar-refractivity contribution in [3.63, 3.8) is 0 Å². The highest BCUT2D eigenvalue weighted by Gasteiger charge is 2.08. The molecule has 0 aliphatic heterocycles. The lowest BCUT2D eigenvalue weighted by Crippen LogP contribution is -2.03. The number of anilines is 2. The minimum Gasteiger partial charge on any atom is -0.478 e. The van der Waals surface area contributed by atoms with Crippen molar-refractivity contribution in [2.24, 2.45) is 0 Å². The highest BCUT2D eigenvalue weighted by atomic mass is 35.5. The third-order valence-electron chi connectivity index (χ3n) is 2.62. The molecule has 0 aliphatic rings. The molecule has 2 rings (SSSR count). The van der Waals surface area contributed by atoms with E-state index >= 15 is 0 Å². The van der Waals surface area contributed by atoms with E-state index in [2.05, 4.69) is 10.3 Å². The Kier molecular flexibility index (Phi) is 4.02. The molecule has 0 aliphatic carbocycles. The predicted molar refractivity (Wildman–Crippen MR) is 75.3 cm³/mol. The summed E-state index contributed by atoms with van der Waals surface area (Å²) in [5.74, 6) is -0.496. The van der Waals surface area contributed by atoms with E-state index in [0.29, 0.717) is 22.9 Å². The van der Waals surface area contributed by atoms with Crippen LogP contribution in [0.2, 0.25) is 5.02 Å². The molecule has 2 aromatic rings. The molecule has 19 heavy (non-hydrogen) atoms. The Morgan fingerprint density at radius 3 is 2.74 bits per heavy atom. The molecule has 5 heteroatoms. The number of nitrogens with one attached hydrogen (secondary N) is 1. The Balaban J connectivity index is 2.37. The van der Waals surface area contributed by atoms with Crippen LogP contribution in [0.3, 0.4) is 0 Å². The van der Waals surface area contributed by atoms with Gasteiger partial charge in [-0.25, -0.2) is 9.78 Å². The first kappa shape index (κ1) is 13.4. The van der Waals surface area contributed by atoms with Crippen molar-refractivity contribution in [3.8, 4) is 0 Å². The number of benzene rings is 1. The van der Waals surface area contributed by atoms with Crippen molar-refractivity contribution in [1.29, 1.82) is 0 Å². The predicted octanol–water partition coefficient (Wildman–Crippen LogP) is 3.74. The lowest BCUT2D eigenvalue weighted by Gasteiger charge is -2.09. The zero-order valence-corrected chi connectivity index (χ0v) is 11.1. The highest BCUT2D eigenvalue weighted by Crippen LogP contribution is 2.24. The summed E-state index contributed by atoms with van der Waals surface area (Å²) >= 11 is 6.04. The molecule has 0 radical (unpaired) electrons. The van der Waals surface area contributed by atoms with E-state index < -0.39 is 5.97 Å². The van der Waals surface area contributed by atoms with Crippen molar-refractivity contribution in [1.82, 2.24) is 4.98 Å². The molecule has 2 N–H and O–H groups in total. The van der Waals surface area contributed by atoms with Gasteiger partial charge >= 0.3 is 5.97 Å². The normalized spacial score (nSPS) is 10.2. The van der Waals surface area contributed by atoms with Crippen LogP contribution in [0, 0.1) is 0 Å². The average molecular weight is 277 g/mol. The van der Waals surface area contributed by atoms with Crippen LogP contribution in [-0.2, 0) is 6.42 Å². The van der Waals surface area contributed by atoms with Gasteiger partial charge in [0.1, 0.15) is 5.82 Å². The number of hydrogen-bond donors (Lipinski definition) is 2. The van der Waals surface area contributed by atoms with Gasteiger partial charge in [0.15, 0.2) is 0 Å². The van der Waals surface area contributed by atoms with Gasteiger partial charge < -0.3 is 10.4 Å². The smallest absolute Gasteiger partial charge is 0.335 e. The van der Waals surface area contributed by atoms with Crippen molar-refractivity contribution in [3.05, 3.63) is 52.7 Å². The van der Waals surface area contributed by atoms with E-state index in [-0.39, 0.29) is 5.56 Å². The van der Waals surface area contributed by atoms with Gasteiger partial charge in [-0.2, -0.15) is 0 Å². The molecule has 1 aromatic heterocycles. The Labute approximate surface area is 116 Å². The standard InChI is InChI=1S/C14H13ClN2O2/c1-2-10-7-9(14(18)19)8-13(16-10)17-12-6-4-3-5-11(12)15/h3-8H,2H2,1H3,(H,16,17)(H,18,19). The Hall–Kier alpha value is -2.07. The second-order valence-corrected chi connectivity index (χ2v) is 4.40. The van der Waals surface area contributed by atoms with Crippen LogP contribution in [0.25, 0.3) is 0 Å². The first-order valence-corrected chi connectivity index (χ1v) is 6.23. The molecule has 0 saturated carbocycles. The maximum atomic E-state index is 11.1. The summed E-state index contributed by atoms with van der Waals surface area (Å²) in [5.41, 5.74) is 1.62. The highest BCUT2D eigenvalue weighted by molar-refractivity contribution is 6.33. The number of aromatic nitrogens is 1. The maximum absolute atomic E-state index is 11.1. The van der Waals surface area contributed by atoms with E-state index in [1.54, 1.807) is 12.1 Å². The van der Waals surface area contributed by atoms with Crippen LogP contribution in [-0.4, -0.2) is 16.1 Å². The van der Waals surface area contributed by atoms with E-state index in [0.717, 1.165) is 5.69 Å². The van der Waals surface area contributed by atoms with Crippen LogP contribution in [0.4, 0.5) is 11.5 Å². The fourth-order valence-electron chi connectivity index (χ4n) is 1.66. The molecule has 4 nitrogen and oxygen atoms in total. The zero-order chi connectivity index (χ0) is 13.8. The minimum atomic E-state index is -0.973. The second kappa shape index (κ2) is 5.71. The Morgan fingerprint density at radius 1 is 1.37 bits per heavy atom. The van der Waals surface area contributed by atoms with E-state index in [1.165, 1.54) is 6.07 Å². The monoisotopic (exact) mass is 276 g/mol. The molecule has 1 heterocycles. The number of pyridine rings is 1. The number of rotatable bonds is 4. The number of halogens is 1. The number of carbonyl (C=O) groups is 1. The summed E-state index contributed by atoms with van der Waals surface area (Å²) in [7, 11) is 0. The third-order valence-corrected chi connectivity index (χ3v) is 2.95. The Bertz CT molecular complexity index is 614. The molecule has 0 amide bonds. The van der Waals surface area contributed by atoms with Gasteiger partial charge in [-0.05, 0) is 30.7 Å². The summed E-state index contributed by atoms with van der Waals surface area (Å²) in [4.78, 5) is 15.4. The molecule has 0 bridgehead atoms. The molecule has 0 unspecified atom stereocenters. The lowest BCUT2D eigenvalue weighted by molar-refractivity contribution is 0.0696. The van der Waals surface area contributed by atoms with Crippen LogP contribution in [0.1, 0.15) is 23.0 Å². The molecule has 98 valence electrons. The molecule has 0 saturated heterocycles. The van der Waals surface area contributed by atoms with Gasteiger partial charge in [0.2, 0.25) is 0 Å². The number of para-hydroxylation sites is 1. The number of aromatic carboxylic acids is 1. The summed E-state index contributed by atoms with van der Waals surface area (Å²) in [6.07, 6.45) is 0.665. The largest absolute Gasteiger partial charge is 0.478 e. The van der Waals surface area contributed by atoms with Gasteiger partial charge in [-0.15, -0.1) is 0 Å². The fraction of sp³-hybridized carbons (Fsp3) is 0.143. The summed E-state index contributed by atoms with van der Waals surface area (Å²) in [6.45, 7) is 1.92. The average Bonchev–Trinajstić information content (AvgIpc) is 2.41. The number of carboxylic acid groups (broad SMARTS) is 1. The summed E-state index contributed by atoms with van der Waals surface area (Å²) in [6, 6.07) is 10.3. The van der Waals surface area contributed by atoms with E-state index in [1.807, 2.05) is 25.1 Å². The van der Waals surface area contributed by atoms with Crippen LogP contribution in [0.5, 0.6) is 0 Å². The van der Waals surface area contributed by atoms with Gasteiger partial charge in [0, 0.05) is 5.69 Å². The van der Waals surface area contributed by atoms with Gasteiger partial charge in [0.25, 0.3) is 0 Å². The zero-order valence-electron chi connectivity index (χ0n) is 10.4. The topological polar surface area (TPSA) is 62.2 Å². The number of aryl methyl sites for hydroxylation is 1. The maximum Gasteiger partial charge on any atom is 0.335 e. The first-order chi connectivity index (χ1) is 9.10. The van der Waals surface area contributed by atoms with Crippen molar-refractivity contribution >= 4 is 29.1 Å². The SMILES string of the molecule is CCc1cc(C(=O)O)cc(Nc2ccccc2Cl)n1. The van der Waals surface area contributed by atoms with Gasteiger partial charge in [-0.1, -0.05) is 30.7 Å². The van der Waals surface area contributed by atoms with E-state index in [4.69, 9.17) is 16.7 Å². The summed E-state index contributed by atoms with van der Waals surface area (Å²) < 4.78 is 0. The molecular formula is C14H13ClN2O2. The lowest BCUT2D eigenvalue weighted by atomic mass is 10.2. The molecule has 0 spiro atoms. The Morgan fingerprint density at radius 2 is 2.11 bits per heavy atom. The molecule has 1 aromatic carbocycles. The van der Waals surface area contributed by atoms with Crippen LogP contribution in [0.15, 0.2) is 36.4 Å². The van der Waals surface area contributed by atoms with E-state index in [9.17, 15) is 4.79 Å². The third kappa shape index (κ3) is 3.23. The molecule has 0 atom stereocenters. The van der Waals surface area contributed by atoms with Gasteiger partial charge in [-0.3, -0.25) is 0 Å². The van der Waals surface area contributed by atoms with Crippen LogP contribution >= 0.6 is 11.6 Å². The fourth-order valence-corrected chi connectivity index (χ4v) is 1.84. The van der Waals surface area contributed by atoms with Crippen molar-refractivity contribution < 1.29 is 9.90 Å². The minimum absolute atomic E-state index is 0.210. The first-order valence-electron chi connectivity index (χ1n) is 5.86. The van der Waals surface area contributed by atoms with Crippen LogP contribution < -0.4 is 5.32 Å². The number of nitrogens with zero attached hydrogens (tertiary/aromatic N) is 1. The van der Waals surface area contributed by atoms with Crippen molar-refractivity contribution in [2.45, 2.75) is 13.3 Å².